The second kappa shape index (κ2) is 4.97. The number of anilines is 2. The molecule has 1 aromatic heterocycles. The molecule has 108 valence electrons. The molecule has 0 aromatic carbocycles. The van der Waals surface area contributed by atoms with E-state index in [2.05, 4.69) is 20.4 Å². The predicted molar refractivity (Wildman–Crippen MR) is 74.8 cm³/mol. The number of fused-ring (bicyclic) bond motifs is 2. The van der Waals surface area contributed by atoms with E-state index in [0.717, 1.165) is 31.6 Å². The summed E-state index contributed by atoms with van der Waals surface area (Å²) in [6, 6.07) is 1.75. The SMILES string of the molecule is Nc1nnc(Cl)cc1N1CC2CCC(C1)C2NC(=O)O. The van der Waals surface area contributed by atoms with E-state index in [9.17, 15) is 4.79 Å². The molecule has 0 radical (unpaired) electrons. The smallest absolute Gasteiger partial charge is 0.404 e. The van der Waals surface area contributed by atoms with Gasteiger partial charge < -0.3 is 21.1 Å². The van der Waals surface area contributed by atoms with Crippen molar-refractivity contribution in [2.75, 3.05) is 23.7 Å². The van der Waals surface area contributed by atoms with Gasteiger partial charge in [-0.25, -0.2) is 4.79 Å². The maximum Gasteiger partial charge on any atom is 0.404 e. The molecule has 1 aromatic rings. The van der Waals surface area contributed by atoms with Crippen LogP contribution in [0.25, 0.3) is 0 Å². The molecule has 1 saturated heterocycles. The molecular formula is C12H16ClN5O2. The van der Waals surface area contributed by atoms with Gasteiger partial charge in [-0.05, 0) is 24.7 Å². The molecule has 4 N–H and O–H groups in total. The zero-order valence-corrected chi connectivity index (χ0v) is 11.5. The summed E-state index contributed by atoms with van der Waals surface area (Å²) in [6.07, 6.45) is 1.10. The van der Waals surface area contributed by atoms with Crippen molar-refractivity contribution in [3.63, 3.8) is 0 Å². The number of nitrogens with two attached hydrogens (primary N) is 1. The van der Waals surface area contributed by atoms with Gasteiger partial charge in [0.25, 0.3) is 0 Å². The first-order chi connectivity index (χ1) is 9.54. The number of aromatic nitrogens is 2. The van der Waals surface area contributed by atoms with Crippen molar-refractivity contribution in [3.8, 4) is 0 Å². The van der Waals surface area contributed by atoms with Crippen LogP contribution in [-0.4, -0.2) is 40.5 Å². The van der Waals surface area contributed by atoms with E-state index in [1.54, 1.807) is 6.07 Å². The number of halogens is 1. The molecule has 2 unspecified atom stereocenters. The molecule has 2 heterocycles. The number of nitrogens with one attached hydrogen (secondary N) is 1. The molecule has 0 spiro atoms. The fraction of sp³-hybridized carbons (Fsp3) is 0.583. The molecule has 2 atom stereocenters. The molecule has 2 fully saturated rings. The van der Waals surface area contributed by atoms with Crippen molar-refractivity contribution in [3.05, 3.63) is 11.2 Å². The van der Waals surface area contributed by atoms with Gasteiger partial charge in [0, 0.05) is 25.2 Å². The number of piperidine rings is 1. The number of hydrogen-bond acceptors (Lipinski definition) is 5. The van der Waals surface area contributed by atoms with Crippen LogP contribution in [0, 0.1) is 11.8 Å². The van der Waals surface area contributed by atoms with Crippen LogP contribution in [0.5, 0.6) is 0 Å². The fourth-order valence-electron chi connectivity index (χ4n) is 3.42. The summed E-state index contributed by atoms with van der Waals surface area (Å²) < 4.78 is 0. The summed E-state index contributed by atoms with van der Waals surface area (Å²) in [6.45, 7) is 1.52. The predicted octanol–water partition coefficient (Wildman–Crippen LogP) is 1.19. The molecule has 7 nitrogen and oxygen atoms in total. The van der Waals surface area contributed by atoms with Crippen molar-refractivity contribution in [2.24, 2.45) is 11.8 Å². The highest BCUT2D eigenvalue weighted by atomic mass is 35.5. The summed E-state index contributed by atoms with van der Waals surface area (Å²) in [4.78, 5) is 13.0. The van der Waals surface area contributed by atoms with Gasteiger partial charge in [0.2, 0.25) is 0 Å². The minimum atomic E-state index is -0.950. The first-order valence-electron chi connectivity index (χ1n) is 6.57. The summed E-state index contributed by atoms with van der Waals surface area (Å²) in [5, 5.41) is 19.4. The number of amides is 1. The third kappa shape index (κ3) is 2.33. The van der Waals surface area contributed by atoms with Gasteiger partial charge >= 0.3 is 6.09 Å². The summed E-state index contributed by atoms with van der Waals surface area (Å²) in [7, 11) is 0. The van der Waals surface area contributed by atoms with Gasteiger partial charge in [0.1, 0.15) is 0 Å². The van der Waals surface area contributed by atoms with Crippen molar-refractivity contribution in [1.82, 2.24) is 15.5 Å². The molecule has 1 aliphatic heterocycles. The Morgan fingerprint density at radius 3 is 2.65 bits per heavy atom. The molecule has 8 heteroatoms. The molecule has 20 heavy (non-hydrogen) atoms. The van der Waals surface area contributed by atoms with E-state index in [1.807, 2.05) is 0 Å². The van der Waals surface area contributed by atoms with Gasteiger partial charge in [0.15, 0.2) is 11.0 Å². The Bertz CT molecular complexity index is 527. The summed E-state index contributed by atoms with van der Waals surface area (Å²) >= 11 is 5.88. The van der Waals surface area contributed by atoms with Crippen molar-refractivity contribution in [1.29, 1.82) is 0 Å². The number of nitrogens with zero attached hydrogens (tertiary/aromatic N) is 3. The Balaban J connectivity index is 1.80. The Morgan fingerprint density at radius 2 is 2.05 bits per heavy atom. The van der Waals surface area contributed by atoms with Crippen LogP contribution in [0.4, 0.5) is 16.3 Å². The van der Waals surface area contributed by atoms with Crippen LogP contribution in [0.2, 0.25) is 5.15 Å². The first-order valence-corrected chi connectivity index (χ1v) is 6.95. The van der Waals surface area contributed by atoms with Gasteiger partial charge in [-0.3, -0.25) is 0 Å². The van der Waals surface area contributed by atoms with Crippen LogP contribution in [-0.2, 0) is 0 Å². The van der Waals surface area contributed by atoms with Crippen LogP contribution in [0.3, 0.4) is 0 Å². The lowest BCUT2D eigenvalue weighted by Crippen LogP contribution is -2.52. The summed E-state index contributed by atoms with van der Waals surface area (Å²) in [5.74, 6) is 0.964. The minimum absolute atomic E-state index is 0.0373. The summed E-state index contributed by atoms with van der Waals surface area (Å²) in [5.41, 5.74) is 6.65. The monoisotopic (exact) mass is 297 g/mol. The number of hydrogen-bond donors (Lipinski definition) is 3. The van der Waals surface area contributed by atoms with E-state index >= 15 is 0 Å². The van der Waals surface area contributed by atoms with Crippen molar-refractivity contribution < 1.29 is 9.90 Å². The van der Waals surface area contributed by atoms with E-state index in [1.165, 1.54) is 0 Å². The Labute approximate surface area is 121 Å². The maximum absolute atomic E-state index is 10.9. The Kier molecular flexibility index (Phi) is 3.29. The molecule has 3 rings (SSSR count). The first kappa shape index (κ1) is 13.2. The zero-order valence-electron chi connectivity index (χ0n) is 10.8. The van der Waals surface area contributed by atoms with E-state index in [0.29, 0.717) is 22.8 Å². The third-order valence-corrected chi connectivity index (χ3v) is 4.42. The van der Waals surface area contributed by atoms with Gasteiger partial charge in [-0.2, -0.15) is 0 Å². The van der Waals surface area contributed by atoms with E-state index in [4.69, 9.17) is 22.4 Å². The molecular weight excluding hydrogens is 282 g/mol. The highest BCUT2D eigenvalue weighted by Gasteiger charge is 2.43. The molecule has 1 aliphatic carbocycles. The van der Waals surface area contributed by atoms with Crippen molar-refractivity contribution in [2.45, 2.75) is 18.9 Å². The fourth-order valence-corrected chi connectivity index (χ4v) is 3.56. The average molecular weight is 298 g/mol. The van der Waals surface area contributed by atoms with Gasteiger partial charge in [0.05, 0.1) is 5.69 Å². The quantitative estimate of drug-likeness (QED) is 0.757. The number of carbonyl (C=O) groups is 1. The van der Waals surface area contributed by atoms with Crippen LogP contribution < -0.4 is 16.0 Å². The lowest BCUT2D eigenvalue weighted by molar-refractivity contribution is 0.178. The Hall–Kier alpha value is -1.76. The molecule has 1 amide bonds. The molecule has 2 bridgehead atoms. The van der Waals surface area contributed by atoms with Crippen LogP contribution >= 0.6 is 11.6 Å². The average Bonchev–Trinajstić information content (AvgIpc) is 2.62. The number of nitrogen functional groups attached to an aromatic ring is 1. The lowest BCUT2D eigenvalue weighted by Gasteiger charge is -2.39. The van der Waals surface area contributed by atoms with Gasteiger partial charge in [-0.15, -0.1) is 10.2 Å². The molecule has 2 aliphatic rings. The highest BCUT2D eigenvalue weighted by Crippen LogP contribution is 2.39. The van der Waals surface area contributed by atoms with Crippen molar-refractivity contribution >= 4 is 29.2 Å². The van der Waals surface area contributed by atoms with Crippen LogP contribution in [0.1, 0.15) is 12.8 Å². The van der Waals surface area contributed by atoms with Crippen LogP contribution in [0.15, 0.2) is 6.07 Å². The normalized spacial score (nSPS) is 28.4. The standard InChI is InChI=1S/C12H16ClN5O2/c13-9-3-8(11(14)17-16-9)18-4-6-1-2-7(5-18)10(6)15-12(19)20/h3,6-7,10,15H,1-2,4-5H2,(H2,14,17)(H,19,20). The van der Waals surface area contributed by atoms with E-state index in [-0.39, 0.29) is 6.04 Å². The lowest BCUT2D eigenvalue weighted by atomic mass is 9.92. The topological polar surface area (TPSA) is 104 Å². The number of rotatable bonds is 2. The second-order valence-corrected chi connectivity index (χ2v) is 5.80. The molecule has 1 saturated carbocycles. The number of carboxylic acid groups (broad SMARTS) is 1. The van der Waals surface area contributed by atoms with E-state index < -0.39 is 6.09 Å². The second-order valence-electron chi connectivity index (χ2n) is 5.42. The maximum atomic E-state index is 10.9. The minimum Gasteiger partial charge on any atom is -0.465 e. The highest BCUT2D eigenvalue weighted by molar-refractivity contribution is 6.29. The third-order valence-electron chi connectivity index (χ3n) is 4.24. The Morgan fingerprint density at radius 1 is 1.40 bits per heavy atom. The zero-order chi connectivity index (χ0) is 14.3. The van der Waals surface area contributed by atoms with Gasteiger partial charge in [-0.1, -0.05) is 11.6 Å². The largest absolute Gasteiger partial charge is 0.465 e.